The maximum atomic E-state index is 12.7. The Hall–Kier alpha value is -2.14. The first kappa shape index (κ1) is 18.2. The van der Waals surface area contributed by atoms with Crippen LogP contribution in [0.3, 0.4) is 0 Å². The van der Waals surface area contributed by atoms with Gasteiger partial charge in [0.2, 0.25) is 0 Å². The molecule has 0 atom stereocenters. The lowest BCUT2D eigenvalue weighted by Crippen LogP contribution is -2.33. The molecule has 2 rings (SSSR count). The van der Waals surface area contributed by atoms with Crippen molar-refractivity contribution in [3.63, 3.8) is 0 Å². The molecule has 0 aliphatic rings. The van der Waals surface area contributed by atoms with Crippen LogP contribution in [0.4, 0.5) is 0 Å². The van der Waals surface area contributed by atoms with Crippen LogP contribution < -0.4 is 0 Å². The fourth-order valence-electron chi connectivity index (χ4n) is 2.47. The third-order valence-corrected chi connectivity index (χ3v) is 5.20. The molecule has 0 heterocycles. The van der Waals surface area contributed by atoms with E-state index in [4.69, 9.17) is 0 Å². The van der Waals surface area contributed by atoms with Gasteiger partial charge in [-0.3, -0.25) is 0 Å². The summed E-state index contributed by atoms with van der Waals surface area (Å²) < 4.78 is 29.5. The lowest BCUT2D eigenvalue weighted by molar-refractivity contribution is 0.458. The molecule has 0 saturated carbocycles. The summed E-state index contributed by atoms with van der Waals surface area (Å²) in [6.07, 6.45) is 0.494. The molecular weight excluding hydrogens is 320 g/mol. The minimum absolute atomic E-state index is 0.228. The Labute approximate surface area is 144 Å². The lowest BCUT2D eigenvalue weighted by atomic mass is 10.1. The highest BCUT2D eigenvalue weighted by Gasteiger charge is 2.17. The quantitative estimate of drug-likeness (QED) is 0.593. The molecule has 0 aliphatic carbocycles. The van der Waals surface area contributed by atoms with E-state index in [1.54, 1.807) is 24.3 Å². The summed E-state index contributed by atoms with van der Waals surface area (Å²) in [4.78, 5) is 2.21. The highest BCUT2D eigenvalue weighted by Crippen LogP contribution is 2.15. The minimum atomic E-state index is -3.72. The molecule has 0 saturated heterocycles. The van der Waals surface area contributed by atoms with Gasteiger partial charge < -0.3 is 4.90 Å². The predicted octanol–water partition coefficient (Wildman–Crippen LogP) is 3.67. The number of sulfonamides is 1. The van der Waals surface area contributed by atoms with Crippen LogP contribution in [0.5, 0.6) is 0 Å². The van der Waals surface area contributed by atoms with Crippen LogP contribution in [0.25, 0.3) is 0 Å². The molecule has 128 valence electrons. The Kier molecular flexibility index (Phi) is 6.15. The first-order chi connectivity index (χ1) is 11.5. The Morgan fingerprint density at radius 1 is 0.958 bits per heavy atom. The summed E-state index contributed by atoms with van der Waals surface area (Å²) in [5.41, 5.74) is 2.06. The Morgan fingerprint density at radius 3 is 2.08 bits per heavy atom. The summed E-state index contributed by atoms with van der Waals surface area (Å²) >= 11 is 0. The highest BCUT2D eigenvalue weighted by molar-refractivity contribution is 7.90. The average molecular weight is 344 g/mol. The van der Waals surface area contributed by atoms with Gasteiger partial charge in [0, 0.05) is 19.5 Å². The molecule has 24 heavy (non-hydrogen) atoms. The van der Waals surface area contributed by atoms with Crippen LogP contribution in [0, 0.1) is 6.92 Å². The molecule has 0 unspecified atom stereocenters. The van der Waals surface area contributed by atoms with E-state index >= 15 is 0 Å². The Balaban J connectivity index is 2.41. The molecule has 2 aromatic rings. The van der Waals surface area contributed by atoms with Gasteiger partial charge in [-0.25, -0.2) is 0 Å². The van der Waals surface area contributed by atoms with E-state index in [1.165, 1.54) is 0 Å². The van der Waals surface area contributed by atoms with Gasteiger partial charge in [0.15, 0.2) is 0 Å². The van der Waals surface area contributed by atoms with Crippen LogP contribution in [0.15, 0.2) is 63.9 Å². The molecule has 0 spiro atoms. The third kappa shape index (κ3) is 4.68. The maximum absolute atomic E-state index is 12.7. The zero-order valence-electron chi connectivity index (χ0n) is 14.4. The second-order valence-electron chi connectivity index (χ2n) is 5.63. The first-order valence-electron chi connectivity index (χ1n) is 8.15. The molecular formula is C19H24N2O2S. The molecule has 0 aliphatic heterocycles. The number of aryl methyl sites for hydroxylation is 1. The Morgan fingerprint density at radius 2 is 1.54 bits per heavy atom. The minimum Gasteiger partial charge on any atom is -0.360 e. The van der Waals surface area contributed by atoms with E-state index < -0.39 is 10.0 Å². The van der Waals surface area contributed by atoms with Crippen molar-refractivity contribution in [2.75, 3.05) is 13.1 Å². The van der Waals surface area contributed by atoms with Crippen molar-refractivity contribution in [1.82, 2.24) is 4.90 Å². The van der Waals surface area contributed by atoms with Gasteiger partial charge in [0.1, 0.15) is 5.84 Å². The van der Waals surface area contributed by atoms with Gasteiger partial charge in [-0.2, -0.15) is 8.42 Å². The van der Waals surface area contributed by atoms with Gasteiger partial charge in [0.25, 0.3) is 10.0 Å². The van der Waals surface area contributed by atoms with Crippen molar-refractivity contribution in [2.45, 2.75) is 32.1 Å². The topological polar surface area (TPSA) is 49.7 Å². The molecule has 0 radical (unpaired) electrons. The number of nitrogens with zero attached hydrogens (tertiary/aromatic N) is 2. The van der Waals surface area contributed by atoms with Crippen LogP contribution in [-0.4, -0.2) is 32.2 Å². The van der Waals surface area contributed by atoms with Crippen molar-refractivity contribution < 1.29 is 8.42 Å². The lowest BCUT2D eigenvalue weighted by Gasteiger charge is -2.23. The Bertz CT molecular complexity index is 778. The highest BCUT2D eigenvalue weighted by atomic mass is 32.2. The van der Waals surface area contributed by atoms with Crippen molar-refractivity contribution in [3.05, 3.63) is 65.7 Å². The van der Waals surface area contributed by atoms with Crippen LogP contribution in [-0.2, 0) is 16.4 Å². The summed E-state index contributed by atoms with van der Waals surface area (Å²) in [5, 5.41) is 0. The molecule has 0 N–H and O–H groups in total. The second-order valence-corrected chi connectivity index (χ2v) is 7.23. The van der Waals surface area contributed by atoms with E-state index in [0.29, 0.717) is 25.3 Å². The average Bonchev–Trinajstić information content (AvgIpc) is 2.57. The smallest absolute Gasteiger partial charge is 0.283 e. The number of amidine groups is 1. The van der Waals surface area contributed by atoms with Crippen molar-refractivity contribution >= 4 is 15.9 Å². The van der Waals surface area contributed by atoms with E-state index in [1.807, 2.05) is 56.0 Å². The predicted molar refractivity (Wildman–Crippen MR) is 98.9 cm³/mol. The van der Waals surface area contributed by atoms with E-state index in [2.05, 4.69) is 4.40 Å². The first-order valence-corrected chi connectivity index (χ1v) is 9.59. The fourth-order valence-corrected chi connectivity index (χ4v) is 3.51. The zero-order valence-corrected chi connectivity index (χ0v) is 15.3. The van der Waals surface area contributed by atoms with Crippen molar-refractivity contribution in [2.24, 2.45) is 4.40 Å². The SMILES string of the molecule is CCN(CC)/C(Cc1ccccc1)=N\S(=O)(=O)c1ccc(C)cc1. The second kappa shape index (κ2) is 8.11. The standard InChI is InChI=1S/C19H24N2O2S/c1-4-21(5-2)19(15-17-9-7-6-8-10-17)20-24(22,23)18-13-11-16(3)12-14-18/h6-14H,4-5,15H2,1-3H3/b20-19-. The monoisotopic (exact) mass is 344 g/mol. The normalized spacial score (nSPS) is 12.2. The number of likely N-dealkylation sites (N-methyl/N-ethyl adjacent to an activating group) is 1. The van der Waals surface area contributed by atoms with E-state index in [0.717, 1.165) is 11.1 Å². The number of hydrogen-bond donors (Lipinski definition) is 0. The van der Waals surface area contributed by atoms with Gasteiger partial charge in [-0.15, -0.1) is 4.40 Å². The van der Waals surface area contributed by atoms with E-state index in [9.17, 15) is 8.42 Å². The number of rotatable bonds is 6. The van der Waals surface area contributed by atoms with Crippen molar-refractivity contribution in [3.8, 4) is 0 Å². The summed E-state index contributed by atoms with van der Waals surface area (Å²) in [5.74, 6) is 0.576. The van der Waals surface area contributed by atoms with Gasteiger partial charge in [0.05, 0.1) is 4.90 Å². The zero-order chi connectivity index (χ0) is 17.6. The van der Waals surface area contributed by atoms with Crippen molar-refractivity contribution in [1.29, 1.82) is 0 Å². The molecule has 4 nitrogen and oxygen atoms in total. The third-order valence-electron chi connectivity index (χ3n) is 3.88. The van der Waals surface area contributed by atoms with Crippen LogP contribution >= 0.6 is 0 Å². The number of benzene rings is 2. The van der Waals surface area contributed by atoms with Crippen LogP contribution in [0.1, 0.15) is 25.0 Å². The van der Waals surface area contributed by atoms with Gasteiger partial charge in [-0.1, -0.05) is 48.0 Å². The summed E-state index contributed by atoms with van der Waals surface area (Å²) in [6, 6.07) is 16.6. The van der Waals surface area contributed by atoms with Gasteiger partial charge >= 0.3 is 0 Å². The van der Waals surface area contributed by atoms with Gasteiger partial charge in [-0.05, 0) is 38.5 Å². The maximum Gasteiger partial charge on any atom is 0.283 e. The molecule has 0 fully saturated rings. The molecule has 2 aromatic carbocycles. The molecule has 5 heteroatoms. The van der Waals surface area contributed by atoms with E-state index in [-0.39, 0.29) is 4.90 Å². The molecule has 0 bridgehead atoms. The summed E-state index contributed by atoms with van der Waals surface area (Å²) in [7, 11) is -3.72. The fraction of sp³-hybridized carbons (Fsp3) is 0.316. The largest absolute Gasteiger partial charge is 0.360 e. The molecule has 0 aromatic heterocycles. The molecule has 0 amide bonds. The number of hydrogen-bond acceptors (Lipinski definition) is 2. The summed E-state index contributed by atoms with van der Waals surface area (Å²) in [6.45, 7) is 7.36. The van der Waals surface area contributed by atoms with Crippen LogP contribution in [0.2, 0.25) is 0 Å².